The number of β-amino-alcohol motifs (C(OH)–C–C–N with tert-alkyl or cyclic N) is 1. The molecule has 3 heterocycles. The smallest absolute Gasteiger partial charge is 0.225 e. The van der Waals surface area contributed by atoms with Crippen LogP contribution in [-0.2, 0) is 4.79 Å². The van der Waals surface area contributed by atoms with Crippen molar-refractivity contribution in [1.82, 2.24) is 14.8 Å². The van der Waals surface area contributed by atoms with Crippen LogP contribution in [0.2, 0.25) is 0 Å². The summed E-state index contributed by atoms with van der Waals surface area (Å²) in [6.07, 6.45) is 3.72. The van der Waals surface area contributed by atoms with E-state index in [9.17, 15) is 4.79 Å². The van der Waals surface area contributed by atoms with Crippen molar-refractivity contribution in [2.45, 2.75) is 19.8 Å². The molecule has 0 spiro atoms. The summed E-state index contributed by atoms with van der Waals surface area (Å²) >= 11 is 0. The fraction of sp³-hybridized carbons (Fsp3) is 0.667. The molecule has 0 radical (unpaired) electrons. The molecule has 6 nitrogen and oxygen atoms in total. The van der Waals surface area contributed by atoms with Crippen molar-refractivity contribution in [2.75, 3.05) is 57.3 Å². The number of rotatable bonds is 4. The highest BCUT2D eigenvalue weighted by molar-refractivity contribution is 5.79. The second-order valence-electron chi connectivity index (χ2n) is 6.85. The number of pyridine rings is 1. The van der Waals surface area contributed by atoms with E-state index in [0.29, 0.717) is 12.5 Å². The number of aliphatic hydroxyl groups excluding tert-OH is 1. The molecule has 132 valence electrons. The number of hydrogen-bond donors (Lipinski definition) is 1. The maximum atomic E-state index is 12.7. The SMILES string of the molecule is Cc1ccc(N2CCC(C(=O)N3CCN(CCO)CC3)CC2)nc1. The number of amides is 1. The van der Waals surface area contributed by atoms with Gasteiger partial charge in [-0.25, -0.2) is 4.98 Å². The van der Waals surface area contributed by atoms with Gasteiger partial charge in [-0.15, -0.1) is 0 Å². The van der Waals surface area contributed by atoms with Crippen LogP contribution < -0.4 is 4.90 Å². The molecule has 0 aliphatic carbocycles. The fourth-order valence-electron chi connectivity index (χ4n) is 3.59. The highest BCUT2D eigenvalue weighted by Crippen LogP contribution is 2.24. The number of nitrogens with zero attached hydrogens (tertiary/aromatic N) is 4. The Labute approximate surface area is 144 Å². The number of piperidine rings is 1. The molecule has 1 aromatic heterocycles. The standard InChI is InChI=1S/C18H28N4O2/c1-15-2-3-17(19-14-15)21-6-4-16(5-7-21)18(24)22-10-8-20(9-11-22)12-13-23/h2-3,14,16,23H,4-13H2,1H3. The van der Waals surface area contributed by atoms with Gasteiger partial charge < -0.3 is 14.9 Å². The molecular formula is C18H28N4O2. The molecule has 0 bridgehead atoms. The summed E-state index contributed by atoms with van der Waals surface area (Å²) in [5.74, 6) is 1.48. The van der Waals surface area contributed by atoms with Crippen LogP contribution in [0.25, 0.3) is 0 Å². The minimum absolute atomic E-state index is 0.149. The first-order valence-electron chi connectivity index (χ1n) is 8.97. The van der Waals surface area contributed by atoms with Crippen molar-refractivity contribution in [3.63, 3.8) is 0 Å². The molecule has 6 heteroatoms. The van der Waals surface area contributed by atoms with Gasteiger partial charge in [0.15, 0.2) is 0 Å². The van der Waals surface area contributed by atoms with Gasteiger partial charge in [0.1, 0.15) is 5.82 Å². The van der Waals surface area contributed by atoms with Gasteiger partial charge in [0.05, 0.1) is 6.61 Å². The maximum Gasteiger partial charge on any atom is 0.225 e. The van der Waals surface area contributed by atoms with Crippen molar-refractivity contribution >= 4 is 11.7 Å². The quantitative estimate of drug-likeness (QED) is 0.881. The topological polar surface area (TPSA) is 59.9 Å². The number of carbonyl (C=O) groups is 1. The zero-order valence-corrected chi connectivity index (χ0v) is 14.5. The molecule has 3 rings (SSSR count). The van der Waals surface area contributed by atoms with Crippen LogP contribution in [0, 0.1) is 12.8 Å². The Morgan fingerprint density at radius 2 is 1.88 bits per heavy atom. The molecule has 2 fully saturated rings. The molecule has 2 aliphatic rings. The van der Waals surface area contributed by atoms with Crippen molar-refractivity contribution < 1.29 is 9.90 Å². The summed E-state index contributed by atoms with van der Waals surface area (Å²) in [5, 5.41) is 9.00. The van der Waals surface area contributed by atoms with Gasteiger partial charge in [-0.2, -0.15) is 0 Å². The third kappa shape index (κ3) is 4.05. The predicted octanol–water partition coefficient (Wildman–Crippen LogP) is 0.743. The van der Waals surface area contributed by atoms with E-state index < -0.39 is 0 Å². The van der Waals surface area contributed by atoms with Crippen molar-refractivity contribution in [3.05, 3.63) is 23.9 Å². The third-order valence-electron chi connectivity index (χ3n) is 5.16. The molecule has 1 N–H and O–H groups in total. The monoisotopic (exact) mass is 332 g/mol. The van der Waals surface area contributed by atoms with Crippen LogP contribution in [0.15, 0.2) is 18.3 Å². The second kappa shape index (κ2) is 7.94. The zero-order valence-electron chi connectivity index (χ0n) is 14.5. The molecule has 0 aromatic carbocycles. The number of aryl methyl sites for hydroxylation is 1. The van der Waals surface area contributed by atoms with Crippen LogP contribution in [0.5, 0.6) is 0 Å². The van der Waals surface area contributed by atoms with Gasteiger partial charge in [0.25, 0.3) is 0 Å². The molecule has 0 unspecified atom stereocenters. The molecule has 1 aromatic rings. The fourth-order valence-corrected chi connectivity index (χ4v) is 3.59. The Morgan fingerprint density at radius 3 is 2.46 bits per heavy atom. The first kappa shape index (κ1) is 17.2. The lowest BCUT2D eigenvalue weighted by Gasteiger charge is -2.38. The van der Waals surface area contributed by atoms with Gasteiger partial charge in [-0.1, -0.05) is 6.07 Å². The van der Waals surface area contributed by atoms with Crippen LogP contribution in [0.3, 0.4) is 0 Å². The van der Waals surface area contributed by atoms with Crippen LogP contribution in [0.4, 0.5) is 5.82 Å². The average molecular weight is 332 g/mol. The highest BCUT2D eigenvalue weighted by atomic mass is 16.3. The Morgan fingerprint density at radius 1 is 1.17 bits per heavy atom. The molecule has 1 amide bonds. The van der Waals surface area contributed by atoms with Gasteiger partial charge in [-0.05, 0) is 31.4 Å². The van der Waals surface area contributed by atoms with Crippen LogP contribution in [0.1, 0.15) is 18.4 Å². The second-order valence-corrected chi connectivity index (χ2v) is 6.85. The number of hydrogen-bond acceptors (Lipinski definition) is 5. The Bertz CT molecular complexity index is 532. The van der Waals surface area contributed by atoms with E-state index in [1.54, 1.807) is 0 Å². The first-order valence-corrected chi connectivity index (χ1v) is 8.97. The van der Waals surface area contributed by atoms with Gasteiger partial charge in [0.2, 0.25) is 5.91 Å². The Kier molecular flexibility index (Phi) is 5.68. The van der Waals surface area contributed by atoms with Gasteiger partial charge in [-0.3, -0.25) is 9.69 Å². The summed E-state index contributed by atoms with van der Waals surface area (Å²) in [4.78, 5) is 23.7. The van der Waals surface area contributed by atoms with E-state index in [1.807, 2.05) is 18.0 Å². The molecule has 0 atom stereocenters. The lowest BCUT2D eigenvalue weighted by atomic mass is 9.95. The van der Waals surface area contributed by atoms with Crippen LogP contribution >= 0.6 is 0 Å². The van der Waals surface area contributed by atoms with Crippen molar-refractivity contribution in [2.24, 2.45) is 5.92 Å². The number of carbonyl (C=O) groups excluding carboxylic acids is 1. The number of anilines is 1. The zero-order chi connectivity index (χ0) is 16.9. The third-order valence-corrected chi connectivity index (χ3v) is 5.16. The molecule has 0 saturated carbocycles. The van der Waals surface area contributed by atoms with Crippen LogP contribution in [-0.4, -0.2) is 78.2 Å². The van der Waals surface area contributed by atoms with Gasteiger partial charge >= 0.3 is 0 Å². The largest absolute Gasteiger partial charge is 0.395 e. The molecule has 24 heavy (non-hydrogen) atoms. The van der Waals surface area contributed by atoms with E-state index in [0.717, 1.165) is 57.9 Å². The van der Waals surface area contributed by atoms with E-state index >= 15 is 0 Å². The van der Waals surface area contributed by atoms with E-state index in [4.69, 9.17) is 5.11 Å². The minimum atomic E-state index is 0.149. The van der Waals surface area contributed by atoms with Crippen molar-refractivity contribution in [1.29, 1.82) is 0 Å². The van der Waals surface area contributed by atoms with E-state index in [1.165, 1.54) is 5.56 Å². The normalized spacial score (nSPS) is 20.4. The summed E-state index contributed by atoms with van der Waals surface area (Å²) in [6.45, 7) is 8.08. The average Bonchev–Trinajstić information content (AvgIpc) is 2.63. The summed E-state index contributed by atoms with van der Waals surface area (Å²) < 4.78 is 0. The number of aromatic nitrogens is 1. The minimum Gasteiger partial charge on any atom is -0.395 e. The summed E-state index contributed by atoms with van der Waals surface area (Å²) in [6, 6.07) is 4.16. The molecular weight excluding hydrogens is 304 g/mol. The number of piperazine rings is 1. The molecule has 2 aliphatic heterocycles. The van der Waals surface area contributed by atoms with E-state index in [2.05, 4.69) is 26.9 Å². The van der Waals surface area contributed by atoms with E-state index in [-0.39, 0.29) is 12.5 Å². The Hall–Kier alpha value is -1.66. The predicted molar refractivity (Wildman–Crippen MR) is 94.0 cm³/mol. The lowest BCUT2D eigenvalue weighted by molar-refractivity contribution is -0.138. The summed E-state index contributed by atoms with van der Waals surface area (Å²) in [5.41, 5.74) is 1.17. The van der Waals surface area contributed by atoms with Crippen molar-refractivity contribution in [3.8, 4) is 0 Å². The summed E-state index contributed by atoms with van der Waals surface area (Å²) in [7, 11) is 0. The maximum absolute atomic E-state index is 12.7. The highest BCUT2D eigenvalue weighted by Gasteiger charge is 2.30. The lowest BCUT2D eigenvalue weighted by Crippen LogP contribution is -2.52. The Balaban J connectivity index is 1.48. The molecule has 2 saturated heterocycles. The first-order chi connectivity index (χ1) is 11.7. The number of aliphatic hydroxyl groups is 1. The van der Waals surface area contributed by atoms with Gasteiger partial charge in [0, 0.05) is 57.9 Å².